The van der Waals surface area contributed by atoms with Crippen LogP contribution in [-0.4, -0.2) is 14.8 Å². The Labute approximate surface area is 66.3 Å². The van der Waals surface area contributed by atoms with Gasteiger partial charge >= 0.3 is 0 Å². The molecule has 5 heteroatoms. The summed E-state index contributed by atoms with van der Waals surface area (Å²) in [5, 5.41) is 0.991. The normalized spacial score (nSPS) is 11.7. The molecule has 0 saturated heterocycles. The van der Waals surface area contributed by atoms with Crippen LogP contribution in [0.2, 0.25) is 0 Å². The van der Waals surface area contributed by atoms with Crippen LogP contribution >= 0.6 is 0 Å². The first-order valence-electron chi connectivity index (χ1n) is 3.25. The van der Waals surface area contributed by atoms with Gasteiger partial charge in [-0.2, -0.15) is 0 Å². The summed E-state index contributed by atoms with van der Waals surface area (Å²) in [6, 6.07) is 0. The highest BCUT2D eigenvalue weighted by Gasteiger charge is 1.99. The number of amides is 1. The van der Waals surface area contributed by atoms with Crippen LogP contribution in [0.5, 0.6) is 0 Å². The number of unbranched alkanes of at least 4 members (excludes halogenated alkanes) is 1. The summed E-state index contributed by atoms with van der Waals surface area (Å²) in [7, 11) is -3.50. The third kappa shape index (κ3) is 5.60. The van der Waals surface area contributed by atoms with Gasteiger partial charge in [-0.3, -0.25) is 9.52 Å². The number of carbonyl (C=O) groups is 1. The summed E-state index contributed by atoms with van der Waals surface area (Å²) in [5.74, 6) is 0. The summed E-state index contributed by atoms with van der Waals surface area (Å²) in [4.78, 5) is 9.73. The van der Waals surface area contributed by atoms with E-state index < -0.39 is 10.0 Å². The maximum atomic E-state index is 10.7. The highest BCUT2D eigenvalue weighted by atomic mass is 32.2. The molecule has 0 saturated carbocycles. The van der Waals surface area contributed by atoms with Gasteiger partial charge in [0.1, 0.15) is 0 Å². The van der Waals surface area contributed by atoms with Gasteiger partial charge in [-0.25, -0.2) is 8.42 Å². The molecule has 1 amide bonds. The number of hydrogen-bond acceptors (Lipinski definition) is 3. The van der Waals surface area contributed by atoms with Crippen molar-refractivity contribution in [2.24, 2.45) is 0 Å². The molecule has 0 spiro atoms. The van der Waals surface area contributed by atoms with E-state index in [-0.39, 0.29) is 6.41 Å². The highest BCUT2D eigenvalue weighted by Crippen LogP contribution is 1.91. The zero-order chi connectivity index (χ0) is 8.74. The first-order valence-corrected chi connectivity index (χ1v) is 4.79. The standard InChI is InChI=1S/C6H11NO3S/c1-2-3-4-5-11(9,10)7-6-8/h4-6H,2-3H2,1H3,(H,7,8)/b5-4+. The van der Waals surface area contributed by atoms with Crippen LogP contribution in [0.1, 0.15) is 19.8 Å². The Kier molecular flexibility index (Phi) is 4.52. The second-order valence-corrected chi connectivity index (χ2v) is 3.54. The minimum absolute atomic E-state index is 0.144. The number of allylic oxidation sites excluding steroid dienone is 1. The second-order valence-electron chi connectivity index (χ2n) is 1.94. The summed E-state index contributed by atoms with van der Waals surface area (Å²) in [6.45, 7) is 1.93. The summed E-state index contributed by atoms with van der Waals surface area (Å²) in [6.07, 6.45) is 3.23. The summed E-state index contributed by atoms with van der Waals surface area (Å²) < 4.78 is 23.0. The molecule has 0 aromatic heterocycles. The molecule has 0 radical (unpaired) electrons. The van der Waals surface area contributed by atoms with Crippen molar-refractivity contribution >= 4 is 16.4 Å². The molecule has 1 N–H and O–H groups in total. The maximum absolute atomic E-state index is 10.7. The van der Waals surface area contributed by atoms with Gasteiger partial charge in [-0.05, 0) is 6.42 Å². The van der Waals surface area contributed by atoms with Gasteiger partial charge in [0.25, 0.3) is 10.0 Å². The molecule has 0 aromatic rings. The molecule has 0 rings (SSSR count). The molecule has 4 nitrogen and oxygen atoms in total. The SMILES string of the molecule is CCC/C=C/S(=O)(=O)NC=O. The van der Waals surface area contributed by atoms with Crippen molar-refractivity contribution in [3.8, 4) is 0 Å². The lowest BCUT2D eigenvalue weighted by Gasteiger charge is -1.91. The van der Waals surface area contributed by atoms with Gasteiger partial charge in [0.05, 0.1) is 0 Å². The number of carbonyl (C=O) groups excluding carboxylic acids is 1. The first-order chi connectivity index (χ1) is 5.12. The third-order valence-corrected chi connectivity index (χ3v) is 1.92. The van der Waals surface area contributed by atoms with E-state index >= 15 is 0 Å². The predicted molar refractivity (Wildman–Crippen MR) is 42.2 cm³/mol. The Morgan fingerprint density at radius 2 is 2.09 bits per heavy atom. The average Bonchev–Trinajstić information content (AvgIpc) is 1.87. The van der Waals surface area contributed by atoms with Crippen LogP contribution in [0.3, 0.4) is 0 Å². The molecular weight excluding hydrogens is 166 g/mol. The largest absolute Gasteiger partial charge is 0.278 e. The van der Waals surface area contributed by atoms with Gasteiger partial charge in [0, 0.05) is 5.41 Å². The third-order valence-electron chi connectivity index (χ3n) is 0.943. The summed E-state index contributed by atoms with van der Waals surface area (Å²) in [5.41, 5.74) is 0. The molecule has 0 unspecified atom stereocenters. The number of sulfonamides is 1. The van der Waals surface area contributed by atoms with Gasteiger partial charge < -0.3 is 0 Å². The lowest BCUT2D eigenvalue weighted by atomic mass is 10.3. The smallest absolute Gasteiger partial charge is 0.256 e. The van der Waals surface area contributed by atoms with Crippen molar-refractivity contribution in [2.75, 3.05) is 0 Å². The topological polar surface area (TPSA) is 63.2 Å². The summed E-state index contributed by atoms with van der Waals surface area (Å²) >= 11 is 0. The molecule has 64 valence electrons. The minimum Gasteiger partial charge on any atom is -0.278 e. The Hall–Kier alpha value is -0.840. The quantitative estimate of drug-likeness (QED) is 0.617. The van der Waals surface area contributed by atoms with Crippen LogP contribution < -0.4 is 4.72 Å². The van der Waals surface area contributed by atoms with Crippen LogP contribution in [0.15, 0.2) is 11.5 Å². The van der Waals surface area contributed by atoms with Crippen molar-refractivity contribution in [2.45, 2.75) is 19.8 Å². The van der Waals surface area contributed by atoms with E-state index in [1.165, 1.54) is 6.08 Å². The van der Waals surface area contributed by atoms with Gasteiger partial charge in [-0.15, -0.1) is 0 Å². The van der Waals surface area contributed by atoms with Crippen molar-refractivity contribution in [3.05, 3.63) is 11.5 Å². The van der Waals surface area contributed by atoms with Crippen LogP contribution in [0.4, 0.5) is 0 Å². The van der Waals surface area contributed by atoms with E-state index in [2.05, 4.69) is 0 Å². The fraction of sp³-hybridized carbons (Fsp3) is 0.500. The number of hydrogen-bond donors (Lipinski definition) is 1. The van der Waals surface area contributed by atoms with Crippen molar-refractivity contribution < 1.29 is 13.2 Å². The first kappa shape index (κ1) is 10.2. The van der Waals surface area contributed by atoms with E-state index in [9.17, 15) is 13.2 Å². The van der Waals surface area contributed by atoms with E-state index in [0.29, 0.717) is 6.42 Å². The zero-order valence-electron chi connectivity index (χ0n) is 6.28. The fourth-order valence-corrected chi connectivity index (χ4v) is 1.07. The maximum Gasteiger partial charge on any atom is 0.256 e. The van der Waals surface area contributed by atoms with E-state index in [4.69, 9.17) is 0 Å². The van der Waals surface area contributed by atoms with Crippen LogP contribution in [0, 0.1) is 0 Å². The molecule has 0 aromatic carbocycles. The van der Waals surface area contributed by atoms with E-state index in [1.807, 2.05) is 6.92 Å². The van der Waals surface area contributed by atoms with Crippen molar-refractivity contribution in [3.63, 3.8) is 0 Å². The van der Waals surface area contributed by atoms with Crippen LogP contribution in [-0.2, 0) is 14.8 Å². The minimum atomic E-state index is -3.50. The molecule has 0 aliphatic heterocycles. The van der Waals surface area contributed by atoms with E-state index in [0.717, 1.165) is 11.8 Å². The molecule has 0 aliphatic carbocycles. The fourth-order valence-electron chi connectivity index (χ4n) is 0.468. The molecule has 0 bridgehead atoms. The van der Waals surface area contributed by atoms with Crippen molar-refractivity contribution in [1.29, 1.82) is 0 Å². The highest BCUT2D eigenvalue weighted by molar-refractivity contribution is 7.92. The Balaban J connectivity index is 4.01. The lowest BCUT2D eigenvalue weighted by Crippen LogP contribution is -2.18. The Morgan fingerprint density at radius 1 is 1.45 bits per heavy atom. The van der Waals surface area contributed by atoms with Gasteiger partial charge in [0.15, 0.2) is 0 Å². The Morgan fingerprint density at radius 3 is 2.55 bits per heavy atom. The molecule has 11 heavy (non-hydrogen) atoms. The molecule has 0 heterocycles. The zero-order valence-corrected chi connectivity index (χ0v) is 7.10. The molecule has 0 fully saturated rings. The van der Waals surface area contributed by atoms with Crippen LogP contribution in [0.25, 0.3) is 0 Å². The van der Waals surface area contributed by atoms with E-state index in [1.54, 1.807) is 4.72 Å². The Bertz CT molecular complexity index is 230. The lowest BCUT2D eigenvalue weighted by molar-refractivity contribution is -0.108. The second kappa shape index (κ2) is 4.90. The molecular formula is C6H11NO3S. The van der Waals surface area contributed by atoms with Gasteiger partial charge in [0.2, 0.25) is 6.41 Å². The average molecular weight is 177 g/mol. The molecule has 0 atom stereocenters. The van der Waals surface area contributed by atoms with Gasteiger partial charge in [-0.1, -0.05) is 19.4 Å². The predicted octanol–water partition coefficient (Wildman–Crippen LogP) is 0.376. The number of nitrogens with one attached hydrogen (secondary N) is 1. The monoisotopic (exact) mass is 177 g/mol. The van der Waals surface area contributed by atoms with Crippen molar-refractivity contribution in [1.82, 2.24) is 4.72 Å². The number of rotatable bonds is 5. The molecule has 0 aliphatic rings.